The predicted octanol–water partition coefficient (Wildman–Crippen LogP) is 2.87. The highest BCUT2D eigenvalue weighted by atomic mass is 35.5. The number of hydrogen-bond acceptors (Lipinski definition) is 4. The summed E-state index contributed by atoms with van der Waals surface area (Å²) in [4.78, 5) is 23.7. The van der Waals surface area contributed by atoms with Gasteiger partial charge in [-0.3, -0.25) is 4.79 Å². The van der Waals surface area contributed by atoms with Gasteiger partial charge in [0.25, 0.3) is 5.91 Å². The molecule has 0 unspecified atom stereocenters. The number of halogens is 1. The summed E-state index contributed by atoms with van der Waals surface area (Å²) in [6.07, 6.45) is 0. The van der Waals surface area contributed by atoms with E-state index in [0.29, 0.717) is 16.1 Å². The van der Waals surface area contributed by atoms with Gasteiger partial charge in [0.15, 0.2) is 6.61 Å². The van der Waals surface area contributed by atoms with Gasteiger partial charge in [-0.2, -0.15) is 0 Å². The molecule has 0 spiro atoms. The van der Waals surface area contributed by atoms with Crippen molar-refractivity contribution in [2.75, 3.05) is 6.61 Å². The van der Waals surface area contributed by atoms with E-state index < -0.39 is 11.9 Å². The van der Waals surface area contributed by atoms with Crippen LogP contribution in [-0.2, 0) is 16.1 Å². The zero-order valence-electron chi connectivity index (χ0n) is 13.2. The minimum Gasteiger partial charge on any atom is -0.452 e. The molecule has 2 rings (SSSR count). The van der Waals surface area contributed by atoms with Crippen LogP contribution in [-0.4, -0.2) is 23.6 Å². The van der Waals surface area contributed by atoms with Crippen LogP contribution in [0, 0.1) is 0 Å². The summed E-state index contributed by atoms with van der Waals surface area (Å²) in [6, 6.07) is 13.2. The normalized spacial score (nSPS) is 11.6. The summed E-state index contributed by atoms with van der Waals surface area (Å²) in [6.45, 7) is 1.37. The average Bonchev–Trinajstić information content (AvgIpc) is 2.60. The molecular formula is C18H18ClNO4. The molecule has 2 aromatic carbocycles. The second-order valence-corrected chi connectivity index (χ2v) is 5.71. The van der Waals surface area contributed by atoms with Crippen LogP contribution in [0.5, 0.6) is 0 Å². The number of esters is 1. The second kappa shape index (κ2) is 8.47. The van der Waals surface area contributed by atoms with Crippen LogP contribution >= 0.6 is 11.6 Å². The standard InChI is InChI=1S/C18H18ClNO4/c1-12(14-6-8-16(19)9-7-14)20-17(22)11-24-18(23)15-4-2-13(10-21)3-5-15/h2-9,12,21H,10-11H2,1H3,(H,20,22)/t12-/m1/s1. The number of aliphatic hydroxyl groups excluding tert-OH is 1. The lowest BCUT2D eigenvalue weighted by Crippen LogP contribution is -2.31. The van der Waals surface area contributed by atoms with E-state index in [-0.39, 0.29) is 19.3 Å². The molecule has 24 heavy (non-hydrogen) atoms. The van der Waals surface area contributed by atoms with Gasteiger partial charge < -0.3 is 15.2 Å². The predicted molar refractivity (Wildman–Crippen MR) is 90.7 cm³/mol. The van der Waals surface area contributed by atoms with Crippen LogP contribution in [0.3, 0.4) is 0 Å². The average molecular weight is 348 g/mol. The zero-order chi connectivity index (χ0) is 17.5. The van der Waals surface area contributed by atoms with Crippen molar-refractivity contribution in [3.05, 3.63) is 70.2 Å². The highest BCUT2D eigenvalue weighted by Crippen LogP contribution is 2.15. The molecule has 0 aliphatic rings. The highest BCUT2D eigenvalue weighted by Gasteiger charge is 2.13. The van der Waals surface area contributed by atoms with Gasteiger partial charge in [-0.1, -0.05) is 35.9 Å². The van der Waals surface area contributed by atoms with Crippen molar-refractivity contribution in [1.29, 1.82) is 0 Å². The smallest absolute Gasteiger partial charge is 0.338 e. The van der Waals surface area contributed by atoms with Gasteiger partial charge in [-0.05, 0) is 42.3 Å². The van der Waals surface area contributed by atoms with E-state index in [0.717, 1.165) is 5.56 Å². The molecule has 1 atom stereocenters. The molecule has 0 saturated carbocycles. The number of aliphatic hydroxyl groups is 1. The Balaban J connectivity index is 1.83. The Kier molecular flexibility index (Phi) is 6.35. The first-order valence-electron chi connectivity index (χ1n) is 7.41. The lowest BCUT2D eigenvalue weighted by Gasteiger charge is -2.14. The first-order valence-corrected chi connectivity index (χ1v) is 7.79. The van der Waals surface area contributed by atoms with Gasteiger partial charge in [-0.15, -0.1) is 0 Å². The zero-order valence-corrected chi connectivity index (χ0v) is 13.9. The number of rotatable bonds is 6. The van der Waals surface area contributed by atoms with Crippen molar-refractivity contribution in [3.63, 3.8) is 0 Å². The van der Waals surface area contributed by atoms with Gasteiger partial charge in [0.2, 0.25) is 0 Å². The second-order valence-electron chi connectivity index (χ2n) is 5.27. The molecule has 0 saturated heterocycles. The van der Waals surface area contributed by atoms with Gasteiger partial charge >= 0.3 is 5.97 Å². The molecule has 0 bridgehead atoms. The molecule has 2 aromatic rings. The topological polar surface area (TPSA) is 75.6 Å². The molecule has 0 aliphatic heterocycles. The Morgan fingerprint density at radius 1 is 1.12 bits per heavy atom. The Morgan fingerprint density at radius 3 is 2.33 bits per heavy atom. The Hall–Kier alpha value is -2.37. The van der Waals surface area contributed by atoms with Crippen LogP contribution in [0.4, 0.5) is 0 Å². The Bertz CT molecular complexity index is 698. The maximum atomic E-state index is 11.9. The lowest BCUT2D eigenvalue weighted by atomic mass is 10.1. The molecular weight excluding hydrogens is 330 g/mol. The van der Waals surface area contributed by atoms with Crippen LogP contribution in [0.25, 0.3) is 0 Å². The number of carbonyl (C=O) groups excluding carboxylic acids is 2. The fourth-order valence-electron chi connectivity index (χ4n) is 2.08. The van der Waals surface area contributed by atoms with Crippen LogP contribution in [0.1, 0.15) is 34.5 Å². The summed E-state index contributed by atoms with van der Waals surface area (Å²) in [5.41, 5.74) is 1.92. The van der Waals surface area contributed by atoms with E-state index in [1.165, 1.54) is 0 Å². The molecule has 0 radical (unpaired) electrons. The van der Waals surface area contributed by atoms with Crippen molar-refractivity contribution in [1.82, 2.24) is 5.32 Å². The maximum Gasteiger partial charge on any atom is 0.338 e. The van der Waals surface area contributed by atoms with Gasteiger partial charge in [-0.25, -0.2) is 4.79 Å². The molecule has 6 heteroatoms. The Morgan fingerprint density at radius 2 is 1.75 bits per heavy atom. The van der Waals surface area contributed by atoms with Crippen molar-refractivity contribution < 1.29 is 19.4 Å². The summed E-state index contributed by atoms with van der Waals surface area (Å²) >= 11 is 5.83. The number of nitrogens with one attached hydrogen (secondary N) is 1. The van der Waals surface area contributed by atoms with E-state index in [2.05, 4.69) is 5.32 Å². The summed E-state index contributed by atoms with van der Waals surface area (Å²) in [5.74, 6) is -0.980. The van der Waals surface area contributed by atoms with E-state index in [1.54, 1.807) is 36.4 Å². The van der Waals surface area contributed by atoms with E-state index in [9.17, 15) is 9.59 Å². The van der Waals surface area contributed by atoms with Crippen LogP contribution < -0.4 is 5.32 Å². The fourth-order valence-corrected chi connectivity index (χ4v) is 2.20. The molecule has 126 valence electrons. The molecule has 0 aliphatic carbocycles. The van der Waals surface area contributed by atoms with Crippen molar-refractivity contribution in [2.45, 2.75) is 19.6 Å². The molecule has 0 aromatic heterocycles. The quantitative estimate of drug-likeness (QED) is 0.788. The number of ether oxygens (including phenoxy) is 1. The molecule has 2 N–H and O–H groups in total. The van der Waals surface area contributed by atoms with Gasteiger partial charge in [0.1, 0.15) is 0 Å². The van der Waals surface area contributed by atoms with Crippen LogP contribution in [0.2, 0.25) is 5.02 Å². The number of amides is 1. The molecule has 5 nitrogen and oxygen atoms in total. The SMILES string of the molecule is C[C@@H](NC(=O)COC(=O)c1ccc(CO)cc1)c1ccc(Cl)cc1. The third-order valence-corrected chi connectivity index (χ3v) is 3.71. The number of hydrogen-bond donors (Lipinski definition) is 2. The van der Waals surface area contributed by atoms with E-state index >= 15 is 0 Å². The monoisotopic (exact) mass is 347 g/mol. The third-order valence-electron chi connectivity index (χ3n) is 3.45. The summed E-state index contributed by atoms with van der Waals surface area (Å²) in [5, 5.41) is 12.3. The van der Waals surface area contributed by atoms with Crippen LogP contribution in [0.15, 0.2) is 48.5 Å². The highest BCUT2D eigenvalue weighted by molar-refractivity contribution is 6.30. The minimum atomic E-state index is -0.589. The minimum absolute atomic E-state index is 0.0969. The van der Waals surface area contributed by atoms with Crippen molar-refractivity contribution >= 4 is 23.5 Å². The molecule has 1 amide bonds. The molecule has 0 heterocycles. The van der Waals surface area contributed by atoms with Gasteiger partial charge in [0.05, 0.1) is 18.2 Å². The number of benzene rings is 2. The maximum absolute atomic E-state index is 11.9. The Labute approximate surface area is 145 Å². The van der Waals surface area contributed by atoms with E-state index in [4.69, 9.17) is 21.4 Å². The number of carbonyl (C=O) groups is 2. The van der Waals surface area contributed by atoms with E-state index in [1.807, 2.05) is 19.1 Å². The first kappa shape index (κ1) is 18.0. The summed E-state index contributed by atoms with van der Waals surface area (Å²) in [7, 11) is 0. The fraction of sp³-hybridized carbons (Fsp3) is 0.222. The first-order chi connectivity index (χ1) is 11.5. The largest absolute Gasteiger partial charge is 0.452 e. The lowest BCUT2D eigenvalue weighted by molar-refractivity contribution is -0.124. The summed E-state index contributed by atoms with van der Waals surface area (Å²) < 4.78 is 4.98. The third kappa shape index (κ3) is 5.08. The molecule has 0 fully saturated rings. The van der Waals surface area contributed by atoms with Crippen molar-refractivity contribution in [3.8, 4) is 0 Å². The van der Waals surface area contributed by atoms with Crippen molar-refractivity contribution in [2.24, 2.45) is 0 Å². The van der Waals surface area contributed by atoms with Gasteiger partial charge in [0, 0.05) is 5.02 Å².